The van der Waals surface area contributed by atoms with Crippen molar-refractivity contribution in [3.05, 3.63) is 52.0 Å². The van der Waals surface area contributed by atoms with Crippen LogP contribution in [-0.4, -0.2) is 31.9 Å². The van der Waals surface area contributed by atoms with Crippen LogP contribution >= 0.6 is 15.9 Å². The summed E-state index contributed by atoms with van der Waals surface area (Å²) in [5.74, 6) is 1.06. The van der Waals surface area contributed by atoms with E-state index in [2.05, 4.69) is 26.5 Å². The highest BCUT2D eigenvalue weighted by atomic mass is 79.9. The van der Waals surface area contributed by atoms with Crippen LogP contribution in [0.1, 0.15) is 36.7 Å². The first-order chi connectivity index (χ1) is 13.1. The van der Waals surface area contributed by atoms with Crippen molar-refractivity contribution < 1.29 is 19.0 Å². The topological polar surface area (TPSA) is 69.2 Å². The number of hydrogen-bond donors (Lipinski definition) is 1. The van der Waals surface area contributed by atoms with Crippen LogP contribution in [0.15, 0.2) is 46.0 Å². The van der Waals surface area contributed by atoms with Crippen LogP contribution in [-0.2, 0) is 0 Å². The monoisotopic (exact) mass is 434 g/mol. The first kappa shape index (κ1) is 20.8. The highest BCUT2D eigenvalue weighted by molar-refractivity contribution is 9.10. The summed E-state index contributed by atoms with van der Waals surface area (Å²) in [5, 5.41) is 4.01. The largest absolute Gasteiger partial charge is 0.490 e. The van der Waals surface area contributed by atoms with Gasteiger partial charge in [0.2, 0.25) is 5.75 Å². The van der Waals surface area contributed by atoms with Crippen molar-refractivity contribution in [2.75, 3.05) is 19.8 Å². The molecular weight excluding hydrogens is 412 g/mol. The normalized spacial score (nSPS) is 10.7. The fourth-order valence-electron chi connectivity index (χ4n) is 2.34. The number of carbonyl (C=O) groups is 1. The van der Waals surface area contributed by atoms with Crippen LogP contribution in [0.25, 0.3) is 0 Å². The minimum Gasteiger partial charge on any atom is -0.490 e. The Morgan fingerprint density at radius 1 is 1.04 bits per heavy atom. The Bertz CT molecular complexity index is 781. The number of benzene rings is 2. The fraction of sp³-hybridized carbons (Fsp3) is 0.300. The standard InChI is InChI=1S/C20H23BrN2O4/c1-4-25-17-11-15(12-18(26-5-2)19(17)27-6-3)20(24)23-22-13-14-8-7-9-16(21)10-14/h7-13H,4-6H2,1-3H3,(H,23,24)/b22-13-. The molecule has 6 nitrogen and oxygen atoms in total. The van der Waals surface area contributed by atoms with Gasteiger partial charge in [0, 0.05) is 10.0 Å². The molecule has 0 heterocycles. The molecule has 0 aromatic heterocycles. The van der Waals surface area contributed by atoms with Gasteiger partial charge < -0.3 is 14.2 Å². The molecule has 0 saturated carbocycles. The van der Waals surface area contributed by atoms with Crippen LogP contribution < -0.4 is 19.6 Å². The van der Waals surface area contributed by atoms with E-state index in [1.54, 1.807) is 18.3 Å². The van der Waals surface area contributed by atoms with Gasteiger partial charge in [-0.1, -0.05) is 28.1 Å². The van der Waals surface area contributed by atoms with Crippen LogP contribution in [0.5, 0.6) is 17.2 Å². The zero-order chi connectivity index (χ0) is 19.6. The van der Waals surface area contributed by atoms with E-state index in [1.165, 1.54) is 0 Å². The Morgan fingerprint density at radius 3 is 2.22 bits per heavy atom. The van der Waals surface area contributed by atoms with Gasteiger partial charge in [-0.15, -0.1) is 0 Å². The second-order valence-electron chi connectivity index (χ2n) is 5.35. The molecule has 144 valence electrons. The minimum atomic E-state index is -0.369. The molecule has 0 unspecified atom stereocenters. The number of hydrazone groups is 1. The molecule has 2 rings (SSSR count). The molecule has 7 heteroatoms. The highest BCUT2D eigenvalue weighted by Gasteiger charge is 2.18. The molecule has 0 atom stereocenters. The maximum Gasteiger partial charge on any atom is 0.271 e. The number of hydrogen-bond acceptors (Lipinski definition) is 5. The Labute approximate surface area is 167 Å². The van der Waals surface area contributed by atoms with E-state index >= 15 is 0 Å². The summed E-state index contributed by atoms with van der Waals surface area (Å²) in [6.07, 6.45) is 1.57. The second-order valence-corrected chi connectivity index (χ2v) is 6.27. The third-order valence-corrected chi connectivity index (χ3v) is 3.89. The summed E-state index contributed by atoms with van der Waals surface area (Å²) >= 11 is 3.40. The molecule has 0 saturated heterocycles. The first-order valence-corrected chi connectivity index (χ1v) is 9.53. The molecule has 0 fully saturated rings. The molecule has 2 aromatic rings. The van der Waals surface area contributed by atoms with Crippen LogP contribution in [0.4, 0.5) is 0 Å². The third kappa shape index (κ3) is 5.99. The minimum absolute atomic E-state index is 0.369. The lowest BCUT2D eigenvalue weighted by Gasteiger charge is -2.16. The maximum absolute atomic E-state index is 12.5. The van der Waals surface area contributed by atoms with Gasteiger partial charge in [-0.25, -0.2) is 5.43 Å². The van der Waals surface area contributed by atoms with E-state index in [0.717, 1.165) is 10.0 Å². The molecule has 0 bridgehead atoms. The van der Waals surface area contributed by atoms with Crippen molar-refractivity contribution in [2.45, 2.75) is 20.8 Å². The molecule has 0 aliphatic rings. The predicted octanol–water partition coefficient (Wildman–Crippen LogP) is 4.41. The van der Waals surface area contributed by atoms with Gasteiger partial charge in [0.15, 0.2) is 11.5 Å². The second kappa shape index (κ2) is 10.6. The summed E-state index contributed by atoms with van der Waals surface area (Å²) in [6, 6.07) is 10.8. The van der Waals surface area contributed by atoms with Crippen LogP contribution in [0.2, 0.25) is 0 Å². The van der Waals surface area contributed by atoms with Crippen molar-refractivity contribution in [1.82, 2.24) is 5.43 Å². The zero-order valence-corrected chi connectivity index (χ0v) is 17.2. The van der Waals surface area contributed by atoms with Crippen molar-refractivity contribution in [3.8, 4) is 17.2 Å². The van der Waals surface area contributed by atoms with Gasteiger partial charge in [0.25, 0.3) is 5.91 Å². The maximum atomic E-state index is 12.5. The molecule has 0 radical (unpaired) electrons. The van der Waals surface area contributed by atoms with E-state index in [-0.39, 0.29) is 5.91 Å². The van der Waals surface area contributed by atoms with E-state index in [1.807, 2.05) is 45.0 Å². The van der Waals surface area contributed by atoms with Gasteiger partial charge in [0.1, 0.15) is 0 Å². The number of amides is 1. The van der Waals surface area contributed by atoms with Gasteiger partial charge in [-0.05, 0) is 50.6 Å². The molecule has 0 spiro atoms. The summed E-state index contributed by atoms with van der Waals surface area (Å²) in [7, 11) is 0. The van der Waals surface area contributed by atoms with E-state index in [0.29, 0.717) is 42.6 Å². The van der Waals surface area contributed by atoms with Crippen molar-refractivity contribution >= 4 is 28.1 Å². The summed E-state index contributed by atoms with van der Waals surface area (Å²) in [6.45, 7) is 6.96. The molecule has 1 N–H and O–H groups in total. The number of rotatable bonds is 9. The summed E-state index contributed by atoms with van der Waals surface area (Å²) in [5.41, 5.74) is 3.75. The Morgan fingerprint density at radius 2 is 1.67 bits per heavy atom. The number of halogens is 1. The number of carbonyl (C=O) groups excluding carboxylic acids is 1. The smallest absolute Gasteiger partial charge is 0.271 e. The lowest BCUT2D eigenvalue weighted by atomic mass is 10.1. The number of ether oxygens (including phenoxy) is 3. The first-order valence-electron chi connectivity index (χ1n) is 8.74. The Kier molecular flexibility index (Phi) is 8.13. The highest BCUT2D eigenvalue weighted by Crippen LogP contribution is 2.39. The predicted molar refractivity (Wildman–Crippen MR) is 109 cm³/mol. The summed E-state index contributed by atoms with van der Waals surface area (Å²) < 4.78 is 17.8. The van der Waals surface area contributed by atoms with Crippen LogP contribution in [0, 0.1) is 0 Å². The average molecular weight is 435 g/mol. The Balaban J connectivity index is 2.23. The lowest BCUT2D eigenvalue weighted by Crippen LogP contribution is -2.18. The fourth-order valence-corrected chi connectivity index (χ4v) is 2.75. The quantitative estimate of drug-likeness (QED) is 0.468. The zero-order valence-electron chi connectivity index (χ0n) is 15.6. The van der Waals surface area contributed by atoms with Crippen molar-refractivity contribution in [2.24, 2.45) is 5.10 Å². The molecular formula is C20H23BrN2O4. The van der Waals surface area contributed by atoms with Gasteiger partial charge in [-0.3, -0.25) is 4.79 Å². The molecule has 2 aromatic carbocycles. The van der Waals surface area contributed by atoms with Gasteiger partial charge in [0.05, 0.1) is 26.0 Å². The number of nitrogens with zero attached hydrogens (tertiary/aromatic N) is 1. The summed E-state index contributed by atoms with van der Waals surface area (Å²) in [4.78, 5) is 12.5. The molecule has 0 aliphatic carbocycles. The van der Waals surface area contributed by atoms with Crippen molar-refractivity contribution in [1.29, 1.82) is 0 Å². The Hall–Kier alpha value is -2.54. The molecule has 0 aliphatic heterocycles. The molecule has 1 amide bonds. The van der Waals surface area contributed by atoms with Gasteiger partial charge >= 0.3 is 0 Å². The van der Waals surface area contributed by atoms with E-state index < -0.39 is 0 Å². The third-order valence-electron chi connectivity index (χ3n) is 3.40. The average Bonchev–Trinajstić information content (AvgIpc) is 2.64. The lowest BCUT2D eigenvalue weighted by molar-refractivity contribution is 0.0954. The van der Waals surface area contributed by atoms with Crippen LogP contribution in [0.3, 0.4) is 0 Å². The van der Waals surface area contributed by atoms with Gasteiger partial charge in [-0.2, -0.15) is 5.10 Å². The van der Waals surface area contributed by atoms with Crippen molar-refractivity contribution in [3.63, 3.8) is 0 Å². The van der Waals surface area contributed by atoms with E-state index in [9.17, 15) is 4.79 Å². The number of nitrogens with one attached hydrogen (secondary N) is 1. The molecule has 27 heavy (non-hydrogen) atoms. The van der Waals surface area contributed by atoms with E-state index in [4.69, 9.17) is 14.2 Å². The SMILES string of the molecule is CCOc1cc(C(=O)N/N=C\c2cccc(Br)c2)cc(OCC)c1OCC.